The first-order valence-electron chi connectivity index (χ1n) is 8.28. The molecule has 0 aromatic rings. The van der Waals surface area contributed by atoms with E-state index in [9.17, 15) is 4.79 Å². The molecular formula is C16H30N2O. The maximum Gasteiger partial charge on any atom is 0.220 e. The molecule has 2 aliphatic carbocycles. The first kappa shape index (κ1) is 14.8. The van der Waals surface area contributed by atoms with Gasteiger partial charge in [-0.15, -0.1) is 0 Å². The third-order valence-corrected chi connectivity index (χ3v) is 5.00. The van der Waals surface area contributed by atoms with Crippen LogP contribution in [0.4, 0.5) is 0 Å². The van der Waals surface area contributed by atoms with Gasteiger partial charge in [0.15, 0.2) is 0 Å². The summed E-state index contributed by atoms with van der Waals surface area (Å²) in [5.74, 6) is 1.57. The number of rotatable bonds is 6. The second-order valence-electron chi connectivity index (χ2n) is 6.56. The van der Waals surface area contributed by atoms with Crippen molar-refractivity contribution in [2.24, 2.45) is 17.6 Å². The van der Waals surface area contributed by atoms with E-state index in [4.69, 9.17) is 5.73 Å². The molecule has 0 heterocycles. The predicted octanol–water partition coefficient (Wildman–Crippen LogP) is 2.98. The van der Waals surface area contributed by atoms with Crippen LogP contribution in [0.2, 0.25) is 0 Å². The average molecular weight is 266 g/mol. The fraction of sp³-hybridized carbons (Fsp3) is 0.938. The lowest BCUT2D eigenvalue weighted by Gasteiger charge is -2.27. The fourth-order valence-electron chi connectivity index (χ4n) is 3.72. The van der Waals surface area contributed by atoms with Crippen LogP contribution in [0.25, 0.3) is 0 Å². The Morgan fingerprint density at radius 2 is 1.74 bits per heavy atom. The first-order valence-corrected chi connectivity index (χ1v) is 8.28. The van der Waals surface area contributed by atoms with E-state index >= 15 is 0 Å². The standard InChI is InChI=1S/C16H30N2O/c17-15-10-4-3-9-14(15)12-16(19)18-11-5-8-13-6-1-2-7-13/h13-15H,1-12,17H2,(H,18,19). The number of nitrogens with two attached hydrogens (primary N) is 1. The van der Waals surface area contributed by atoms with Gasteiger partial charge in [-0.25, -0.2) is 0 Å². The molecule has 3 heteroatoms. The van der Waals surface area contributed by atoms with Gasteiger partial charge in [0.1, 0.15) is 0 Å². The number of amides is 1. The Balaban J connectivity index is 1.53. The Morgan fingerprint density at radius 1 is 1.05 bits per heavy atom. The van der Waals surface area contributed by atoms with Gasteiger partial charge in [0.05, 0.1) is 0 Å². The van der Waals surface area contributed by atoms with Gasteiger partial charge < -0.3 is 11.1 Å². The lowest BCUT2D eigenvalue weighted by Crippen LogP contribution is -2.37. The second kappa shape index (κ2) is 7.88. The maximum atomic E-state index is 11.9. The predicted molar refractivity (Wildman–Crippen MR) is 78.8 cm³/mol. The van der Waals surface area contributed by atoms with Gasteiger partial charge in [-0.2, -0.15) is 0 Å². The topological polar surface area (TPSA) is 55.1 Å². The zero-order valence-electron chi connectivity index (χ0n) is 12.2. The van der Waals surface area contributed by atoms with Crippen LogP contribution in [0, 0.1) is 11.8 Å². The number of carbonyl (C=O) groups is 1. The van der Waals surface area contributed by atoms with Crippen LogP contribution in [0.15, 0.2) is 0 Å². The molecule has 2 rings (SSSR count). The number of nitrogens with one attached hydrogen (secondary N) is 1. The summed E-state index contributed by atoms with van der Waals surface area (Å²) in [5.41, 5.74) is 6.08. The third-order valence-electron chi connectivity index (χ3n) is 5.00. The summed E-state index contributed by atoms with van der Waals surface area (Å²) in [4.78, 5) is 11.9. The highest BCUT2D eigenvalue weighted by Crippen LogP contribution is 2.28. The molecule has 0 aromatic carbocycles. The van der Waals surface area contributed by atoms with Crippen LogP contribution in [0.1, 0.15) is 70.6 Å². The third kappa shape index (κ3) is 5.13. The highest BCUT2D eigenvalue weighted by molar-refractivity contribution is 5.76. The van der Waals surface area contributed by atoms with E-state index in [1.807, 2.05) is 0 Å². The normalized spacial score (nSPS) is 28.5. The summed E-state index contributed by atoms with van der Waals surface area (Å²) in [6.07, 6.45) is 13.4. The van der Waals surface area contributed by atoms with Crippen molar-refractivity contribution >= 4 is 5.91 Å². The van der Waals surface area contributed by atoms with Crippen LogP contribution < -0.4 is 11.1 Å². The van der Waals surface area contributed by atoms with Crippen molar-refractivity contribution in [2.45, 2.75) is 76.7 Å². The van der Waals surface area contributed by atoms with Gasteiger partial charge in [-0.05, 0) is 37.5 Å². The summed E-state index contributed by atoms with van der Waals surface area (Å²) in [6, 6.07) is 0.248. The Hall–Kier alpha value is -0.570. The van der Waals surface area contributed by atoms with E-state index in [1.54, 1.807) is 0 Å². The fourth-order valence-corrected chi connectivity index (χ4v) is 3.72. The molecule has 2 aliphatic rings. The molecule has 2 saturated carbocycles. The molecule has 3 nitrogen and oxygen atoms in total. The van der Waals surface area contributed by atoms with E-state index < -0.39 is 0 Å². The van der Waals surface area contributed by atoms with Gasteiger partial charge in [0, 0.05) is 19.0 Å². The molecule has 0 bridgehead atoms. The molecule has 110 valence electrons. The van der Waals surface area contributed by atoms with Gasteiger partial charge in [0.2, 0.25) is 5.91 Å². The summed E-state index contributed by atoms with van der Waals surface area (Å²) in [6.45, 7) is 0.858. The Labute approximate surface area is 117 Å². The zero-order chi connectivity index (χ0) is 13.5. The van der Waals surface area contributed by atoms with E-state index in [1.165, 1.54) is 44.9 Å². The van der Waals surface area contributed by atoms with Crippen LogP contribution in [0.3, 0.4) is 0 Å². The van der Waals surface area contributed by atoms with Crippen molar-refractivity contribution < 1.29 is 4.79 Å². The van der Waals surface area contributed by atoms with Crippen LogP contribution in [0.5, 0.6) is 0 Å². The molecule has 2 atom stereocenters. The zero-order valence-corrected chi connectivity index (χ0v) is 12.2. The summed E-state index contributed by atoms with van der Waals surface area (Å²) in [5, 5.41) is 3.08. The second-order valence-corrected chi connectivity index (χ2v) is 6.56. The molecule has 2 unspecified atom stereocenters. The lowest BCUT2D eigenvalue weighted by atomic mass is 9.83. The van der Waals surface area contributed by atoms with Gasteiger partial charge >= 0.3 is 0 Å². The Kier molecular flexibility index (Phi) is 6.15. The number of hydrogen-bond donors (Lipinski definition) is 2. The van der Waals surface area contributed by atoms with E-state index in [2.05, 4.69) is 5.32 Å². The highest BCUT2D eigenvalue weighted by Gasteiger charge is 2.23. The number of hydrogen-bond acceptors (Lipinski definition) is 2. The van der Waals surface area contributed by atoms with Crippen molar-refractivity contribution in [2.75, 3.05) is 6.54 Å². The van der Waals surface area contributed by atoms with Crippen LogP contribution >= 0.6 is 0 Å². The molecule has 0 aromatic heterocycles. The van der Waals surface area contributed by atoms with E-state index in [-0.39, 0.29) is 11.9 Å². The molecule has 0 aliphatic heterocycles. The SMILES string of the molecule is NC1CCCCC1CC(=O)NCCCC1CCCC1. The summed E-state index contributed by atoms with van der Waals surface area (Å²) in [7, 11) is 0. The largest absolute Gasteiger partial charge is 0.356 e. The molecular weight excluding hydrogens is 236 g/mol. The molecule has 1 amide bonds. The smallest absolute Gasteiger partial charge is 0.220 e. The van der Waals surface area contributed by atoms with E-state index in [0.29, 0.717) is 12.3 Å². The molecule has 2 fully saturated rings. The monoisotopic (exact) mass is 266 g/mol. The molecule has 3 N–H and O–H groups in total. The van der Waals surface area contributed by atoms with Crippen molar-refractivity contribution in [1.29, 1.82) is 0 Å². The van der Waals surface area contributed by atoms with Crippen molar-refractivity contribution in [3.8, 4) is 0 Å². The minimum absolute atomic E-state index is 0.216. The molecule has 19 heavy (non-hydrogen) atoms. The summed E-state index contributed by atoms with van der Waals surface area (Å²) < 4.78 is 0. The quantitative estimate of drug-likeness (QED) is 0.726. The minimum atomic E-state index is 0.216. The lowest BCUT2D eigenvalue weighted by molar-refractivity contribution is -0.122. The maximum absolute atomic E-state index is 11.9. The average Bonchev–Trinajstić information content (AvgIpc) is 2.91. The van der Waals surface area contributed by atoms with Crippen molar-refractivity contribution in [1.82, 2.24) is 5.32 Å². The van der Waals surface area contributed by atoms with Gasteiger partial charge in [0.25, 0.3) is 0 Å². The van der Waals surface area contributed by atoms with Crippen molar-refractivity contribution in [3.63, 3.8) is 0 Å². The molecule has 0 radical (unpaired) electrons. The Bertz CT molecular complexity index is 274. The highest BCUT2D eigenvalue weighted by atomic mass is 16.1. The Morgan fingerprint density at radius 3 is 2.47 bits per heavy atom. The van der Waals surface area contributed by atoms with Crippen molar-refractivity contribution in [3.05, 3.63) is 0 Å². The first-order chi connectivity index (χ1) is 9.25. The summed E-state index contributed by atoms with van der Waals surface area (Å²) >= 11 is 0. The molecule has 0 spiro atoms. The van der Waals surface area contributed by atoms with E-state index in [0.717, 1.165) is 31.7 Å². The van der Waals surface area contributed by atoms with Gasteiger partial charge in [-0.3, -0.25) is 4.79 Å². The van der Waals surface area contributed by atoms with Crippen LogP contribution in [-0.4, -0.2) is 18.5 Å². The van der Waals surface area contributed by atoms with Gasteiger partial charge in [-0.1, -0.05) is 38.5 Å². The van der Waals surface area contributed by atoms with Crippen LogP contribution in [-0.2, 0) is 4.79 Å². The number of carbonyl (C=O) groups excluding carboxylic acids is 1. The minimum Gasteiger partial charge on any atom is -0.356 e. The molecule has 0 saturated heterocycles.